The molecule has 21 heavy (non-hydrogen) atoms. The van der Waals surface area contributed by atoms with Crippen LogP contribution in [0.15, 0.2) is 23.1 Å². The number of nitrogens with one attached hydrogen (secondary N) is 1. The molecular formula is C15H19ClN2O2S. The van der Waals surface area contributed by atoms with E-state index in [1.807, 2.05) is 6.07 Å². The molecule has 0 spiro atoms. The molecular weight excluding hydrogens is 308 g/mol. The van der Waals surface area contributed by atoms with Gasteiger partial charge in [0.25, 0.3) is 0 Å². The third-order valence-corrected chi connectivity index (χ3v) is 5.91. The highest BCUT2D eigenvalue weighted by molar-refractivity contribution is 7.89. The normalized spacial score (nSPS) is 26.3. The lowest BCUT2D eigenvalue weighted by Gasteiger charge is -2.32. The van der Waals surface area contributed by atoms with Crippen molar-refractivity contribution in [3.63, 3.8) is 0 Å². The number of hydrogen-bond donors (Lipinski definition) is 1. The Kier molecular flexibility index (Phi) is 4.92. The standard InChI is InChI=1S/C15H19ClN2O2S/c1-10-3-6-15(11(2)7-10)18-21(19,20)13-5-4-12(9-17)14(16)8-13/h4-5,8,10-11,15,18H,3,6-7H2,1-2H3. The molecule has 0 heterocycles. The molecule has 114 valence electrons. The fourth-order valence-electron chi connectivity index (χ4n) is 2.86. The fourth-order valence-corrected chi connectivity index (χ4v) is 4.55. The van der Waals surface area contributed by atoms with Crippen molar-refractivity contribution in [1.29, 1.82) is 5.26 Å². The van der Waals surface area contributed by atoms with E-state index in [1.54, 1.807) is 0 Å². The Morgan fingerprint density at radius 2 is 2.05 bits per heavy atom. The number of halogens is 1. The topological polar surface area (TPSA) is 70.0 Å². The summed E-state index contributed by atoms with van der Waals surface area (Å²) in [5.74, 6) is 0.961. The Bertz CT molecular complexity index is 667. The van der Waals surface area contributed by atoms with Gasteiger partial charge in [-0.25, -0.2) is 13.1 Å². The molecule has 1 aliphatic carbocycles. The minimum absolute atomic E-state index is 0.0411. The van der Waals surface area contributed by atoms with E-state index in [4.69, 9.17) is 16.9 Å². The summed E-state index contributed by atoms with van der Waals surface area (Å²) in [4.78, 5) is 0.109. The van der Waals surface area contributed by atoms with Gasteiger partial charge in [0, 0.05) is 6.04 Å². The van der Waals surface area contributed by atoms with Crippen molar-refractivity contribution < 1.29 is 8.42 Å². The smallest absolute Gasteiger partial charge is 0.208 e. The SMILES string of the molecule is CC1CCC(NS(=O)(=O)c2ccc(C#N)c(Cl)c2)C(C)C1. The van der Waals surface area contributed by atoms with E-state index in [9.17, 15) is 8.42 Å². The zero-order chi connectivity index (χ0) is 15.6. The second-order valence-electron chi connectivity index (χ2n) is 5.88. The van der Waals surface area contributed by atoms with Gasteiger partial charge in [-0.3, -0.25) is 0 Å². The quantitative estimate of drug-likeness (QED) is 0.926. The van der Waals surface area contributed by atoms with Crippen molar-refractivity contribution in [2.45, 2.75) is 44.0 Å². The predicted octanol–water partition coefficient (Wildman–Crippen LogP) is 3.31. The van der Waals surface area contributed by atoms with Crippen molar-refractivity contribution in [2.24, 2.45) is 11.8 Å². The van der Waals surface area contributed by atoms with Gasteiger partial charge in [0.05, 0.1) is 15.5 Å². The van der Waals surface area contributed by atoms with Crippen LogP contribution in [0.1, 0.15) is 38.7 Å². The van der Waals surface area contributed by atoms with Crippen LogP contribution < -0.4 is 4.72 Å². The predicted molar refractivity (Wildman–Crippen MR) is 82.5 cm³/mol. The second kappa shape index (κ2) is 6.35. The summed E-state index contributed by atoms with van der Waals surface area (Å²) in [6, 6.07) is 6.06. The number of rotatable bonds is 3. The van der Waals surface area contributed by atoms with Crippen LogP contribution in [0.3, 0.4) is 0 Å². The van der Waals surface area contributed by atoms with Crippen molar-refractivity contribution in [3.05, 3.63) is 28.8 Å². The highest BCUT2D eigenvalue weighted by atomic mass is 35.5. The van der Waals surface area contributed by atoms with Gasteiger partial charge in [-0.05, 0) is 49.3 Å². The average molecular weight is 327 g/mol. The summed E-state index contributed by atoms with van der Waals surface area (Å²) in [7, 11) is -3.60. The third-order valence-electron chi connectivity index (χ3n) is 4.11. The largest absolute Gasteiger partial charge is 0.240 e. The van der Waals surface area contributed by atoms with E-state index >= 15 is 0 Å². The van der Waals surface area contributed by atoms with E-state index in [0.717, 1.165) is 19.3 Å². The maximum absolute atomic E-state index is 12.4. The summed E-state index contributed by atoms with van der Waals surface area (Å²) >= 11 is 5.91. The minimum Gasteiger partial charge on any atom is -0.208 e. The van der Waals surface area contributed by atoms with Crippen molar-refractivity contribution in [3.8, 4) is 6.07 Å². The molecule has 0 radical (unpaired) electrons. The van der Waals surface area contributed by atoms with Gasteiger partial charge in [0.15, 0.2) is 0 Å². The number of benzene rings is 1. The van der Waals surface area contributed by atoms with Crippen LogP contribution in [0.2, 0.25) is 5.02 Å². The Balaban J connectivity index is 2.19. The zero-order valence-corrected chi connectivity index (χ0v) is 13.7. The summed E-state index contributed by atoms with van der Waals surface area (Å²) < 4.78 is 27.6. The summed E-state index contributed by atoms with van der Waals surface area (Å²) in [5, 5.41) is 8.99. The first-order valence-electron chi connectivity index (χ1n) is 7.05. The molecule has 2 rings (SSSR count). The Hall–Kier alpha value is -1.09. The Morgan fingerprint density at radius 3 is 2.62 bits per heavy atom. The first-order chi connectivity index (χ1) is 9.83. The van der Waals surface area contributed by atoms with Crippen LogP contribution >= 0.6 is 11.6 Å². The van der Waals surface area contributed by atoms with Gasteiger partial charge in [0.2, 0.25) is 10.0 Å². The fraction of sp³-hybridized carbons (Fsp3) is 0.533. The molecule has 0 aromatic heterocycles. The lowest BCUT2D eigenvalue weighted by molar-refractivity contribution is 0.249. The second-order valence-corrected chi connectivity index (χ2v) is 8.00. The molecule has 1 saturated carbocycles. The number of hydrogen-bond acceptors (Lipinski definition) is 3. The Labute approximate surface area is 131 Å². The lowest BCUT2D eigenvalue weighted by atomic mass is 9.80. The van der Waals surface area contributed by atoms with Crippen LogP contribution in [-0.4, -0.2) is 14.5 Å². The van der Waals surface area contributed by atoms with Crippen LogP contribution in [0.4, 0.5) is 0 Å². The molecule has 0 bridgehead atoms. The first-order valence-corrected chi connectivity index (χ1v) is 8.91. The number of nitriles is 1. The summed E-state index contributed by atoms with van der Waals surface area (Å²) in [6.07, 6.45) is 2.92. The molecule has 6 heteroatoms. The van der Waals surface area contributed by atoms with E-state index in [-0.39, 0.29) is 21.5 Å². The van der Waals surface area contributed by atoms with Crippen LogP contribution in [0, 0.1) is 23.2 Å². The van der Waals surface area contributed by atoms with Crippen molar-refractivity contribution in [2.75, 3.05) is 0 Å². The molecule has 3 atom stereocenters. The molecule has 1 aromatic carbocycles. The van der Waals surface area contributed by atoms with Gasteiger partial charge in [-0.2, -0.15) is 5.26 Å². The zero-order valence-electron chi connectivity index (χ0n) is 12.1. The molecule has 4 nitrogen and oxygen atoms in total. The van der Waals surface area contributed by atoms with E-state index in [0.29, 0.717) is 11.8 Å². The lowest BCUT2D eigenvalue weighted by Crippen LogP contribution is -2.42. The van der Waals surface area contributed by atoms with Crippen LogP contribution in [0.5, 0.6) is 0 Å². The maximum Gasteiger partial charge on any atom is 0.240 e. The third kappa shape index (κ3) is 3.76. The maximum atomic E-state index is 12.4. The van der Waals surface area contributed by atoms with Gasteiger partial charge < -0.3 is 0 Å². The molecule has 0 saturated heterocycles. The number of nitrogens with zero attached hydrogens (tertiary/aromatic N) is 1. The Morgan fingerprint density at radius 1 is 1.33 bits per heavy atom. The van der Waals surface area contributed by atoms with Crippen molar-refractivity contribution >= 4 is 21.6 Å². The summed E-state index contributed by atoms with van der Waals surface area (Å²) in [5.41, 5.74) is 0.274. The molecule has 1 aromatic rings. The number of sulfonamides is 1. The first kappa shape index (κ1) is 16.3. The molecule has 0 aliphatic heterocycles. The van der Waals surface area contributed by atoms with Crippen LogP contribution in [-0.2, 0) is 10.0 Å². The van der Waals surface area contributed by atoms with Crippen LogP contribution in [0.25, 0.3) is 0 Å². The molecule has 1 aliphatic rings. The van der Waals surface area contributed by atoms with Gasteiger partial charge in [0.1, 0.15) is 6.07 Å². The molecule has 1 N–H and O–H groups in total. The van der Waals surface area contributed by atoms with Gasteiger partial charge in [-0.1, -0.05) is 25.4 Å². The average Bonchev–Trinajstić information content (AvgIpc) is 2.42. The monoisotopic (exact) mass is 326 g/mol. The molecule has 3 unspecified atom stereocenters. The van der Waals surface area contributed by atoms with Crippen molar-refractivity contribution in [1.82, 2.24) is 4.72 Å². The van der Waals surface area contributed by atoms with Gasteiger partial charge >= 0.3 is 0 Å². The highest BCUT2D eigenvalue weighted by Crippen LogP contribution is 2.30. The highest BCUT2D eigenvalue weighted by Gasteiger charge is 2.29. The van der Waals surface area contributed by atoms with E-state index in [2.05, 4.69) is 18.6 Å². The molecule has 0 amide bonds. The minimum atomic E-state index is -3.60. The molecule has 1 fully saturated rings. The van der Waals surface area contributed by atoms with Gasteiger partial charge in [-0.15, -0.1) is 0 Å². The summed E-state index contributed by atoms with van der Waals surface area (Å²) in [6.45, 7) is 4.27. The van der Waals surface area contributed by atoms with E-state index in [1.165, 1.54) is 18.2 Å². The van der Waals surface area contributed by atoms with E-state index < -0.39 is 10.0 Å².